The highest BCUT2D eigenvalue weighted by atomic mass is 35.5. The van der Waals surface area contributed by atoms with E-state index in [2.05, 4.69) is 5.32 Å². The number of carbonyl (C=O) groups excluding carboxylic acids is 3. The summed E-state index contributed by atoms with van der Waals surface area (Å²) in [4.78, 5) is 36.6. The molecule has 3 aromatic rings. The molecule has 0 aromatic heterocycles. The van der Waals surface area contributed by atoms with Gasteiger partial charge in [-0.3, -0.25) is 4.79 Å². The van der Waals surface area contributed by atoms with Gasteiger partial charge in [0.2, 0.25) is 0 Å². The third-order valence-corrected chi connectivity index (χ3v) is 4.85. The summed E-state index contributed by atoms with van der Waals surface area (Å²) in [6.45, 7) is 0.244. The number of methoxy groups -OCH3 is 2. The van der Waals surface area contributed by atoms with Crippen LogP contribution in [0.25, 0.3) is 0 Å². The molecule has 3 aromatic carbocycles. The summed E-state index contributed by atoms with van der Waals surface area (Å²) in [5.74, 6) is -1.27. The van der Waals surface area contributed by atoms with E-state index < -0.39 is 17.8 Å². The number of hydrogen-bond donors (Lipinski definition) is 1. The van der Waals surface area contributed by atoms with E-state index in [4.69, 9.17) is 25.8 Å². The first-order valence-electron chi connectivity index (χ1n) is 9.50. The van der Waals surface area contributed by atoms with Gasteiger partial charge >= 0.3 is 11.9 Å². The first-order chi connectivity index (χ1) is 15.4. The van der Waals surface area contributed by atoms with Crippen molar-refractivity contribution in [1.82, 2.24) is 0 Å². The summed E-state index contributed by atoms with van der Waals surface area (Å²) in [7, 11) is 2.44. The van der Waals surface area contributed by atoms with E-state index in [1.165, 1.54) is 32.4 Å². The fraction of sp³-hybridized carbons (Fsp3) is 0.125. The lowest BCUT2D eigenvalue weighted by molar-refractivity contribution is 0.0599. The first kappa shape index (κ1) is 22.8. The molecular formula is C24H20ClNO6. The standard InChI is InChI=1S/C24H20ClNO6/c1-30-23(28)17-10-18(24(29)31-2)12-19(11-17)26-22(27)15-7-5-8-20(13-15)32-14-16-6-3-4-9-21(16)25/h3-13H,14H2,1-2H3,(H,26,27). The normalized spacial score (nSPS) is 10.2. The minimum atomic E-state index is -0.652. The van der Waals surface area contributed by atoms with Crippen molar-refractivity contribution < 1.29 is 28.6 Å². The first-order valence-corrected chi connectivity index (χ1v) is 9.88. The zero-order valence-electron chi connectivity index (χ0n) is 17.4. The molecule has 0 heterocycles. The Hall–Kier alpha value is -3.84. The van der Waals surface area contributed by atoms with Crippen LogP contribution < -0.4 is 10.1 Å². The molecule has 0 spiro atoms. The van der Waals surface area contributed by atoms with Crippen molar-refractivity contribution in [2.45, 2.75) is 6.61 Å². The SMILES string of the molecule is COC(=O)c1cc(NC(=O)c2cccc(OCc3ccccc3Cl)c2)cc(C(=O)OC)c1. The van der Waals surface area contributed by atoms with Crippen LogP contribution in [0.3, 0.4) is 0 Å². The molecule has 0 saturated heterocycles. The van der Waals surface area contributed by atoms with Gasteiger partial charge in [-0.2, -0.15) is 0 Å². The molecule has 1 N–H and O–H groups in total. The minimum absolute atomic E-state index is 0.0996. The van der Waals surface area contributed by atoms with Crippen molar-refractivity contribution in [2.24, 2.45) is 0 Å². The van der Waals surface area contributed by atoms with Crippen molar-refractivity contribution in [3.8, 4) is 5.75 Å². The predicted octanol–water partition coefficient (Wildman–Crippen LogP) is 4.74. The lowest BCUT2D eigenvalue weighted by atomic mass is 10.1. The van der Waals surface area contributed by atoms with Gasteiger partial charge in [0.1, 0.15) is 12.4 Å². The zero-order valence-corrected chi connectivity index (χ0v) is 18.1. The van der Waals surface area contributed by atoms with Gasteiger partial charge in [0.05, 0.1) is 25.3 Å². The minimum Gasteiger partial charge on any atom is -0.489 e. The zero-order chi connectivity index (χ0) is 23.1. The third kappa shape index (κ3) is 5.65. The van der Waals surface area contributed by atoms with Crippen molar-refractivity contribution in [3.05, 3.63) is 94.0 Å². The van der Waals surface area contributed by atoms with Crippen LogP contribution in [0.4, 0.5) is 5.69 Å². The van der Waals surface area contributed by atoms with Crippen LogP contribution in [0.2, 0.25) is 5.02 Å². The number of esters is 2. The van der Waals surface area contributed by atoms with Crippen LogP contribution in [-0.4, -0.2) is 32.1 Å². The van der Waals surface area contributed by atoms with Crippen LogP contribution >= 0.6 is 11.6 Å². The second-order valence-electron chi connectivity index (χ2n) is 6.64. The van der Waals surface area contributed by atoms with E-state index in [-0.39, 0.29) is 23.4 Å². The van der Waals surface area contributed by atoms with Crippen LogP contribution in [0.5, 0.6) is 5.75 Å². The number of carbonyl (C=O) groups is 3. The number of halogens is 1. The Morgan fingerprint density at radius 3 is 2.09 bits per heavy atom. The Morgan fingerprint density at radius 1 is 0.812 bits per heavy atom. The largest absolute Gasteiger partial charge is 0.489 e. The molecule has 0 aliphatic heterocycles. The quantitative estimate of drug-likeness (QED) is 0.519. The molecule has 0 unspecified atom stereocenters. The summed E-state index contributed by atoms with van der Waals surface area (Å²) in [5, 5.41) is 3.27. The number of rotatable bonds is 7. The van der Waals surface area contributed by atoms with E-state index in [0.717, 1.165) is 5.56 Å². The summed E-state index contributed by atoms with van der Waals surface area (Å²) >= 11 is 6.14. The van der Waals surface area contributed by atoms with Crippen LogP contribution in [0.15, 0.2) is 66.7 Å². The molecule has 0 bridgehead atoms. The average molecular weight is 454 g/mol. The molecule has 0 radical (unpaired) electrons. The number of nitrogens with one attached hydrogen (secondary N) is 1. The highest BCUT2D eigenvalue weighted by molar-refractivity contribution is 6.31. The van der Waals surface area contributed by atoms with Gasteiger partial charge in [-0.15, -0.1) is 0 Å². The number of hydrogen-bond acceptors (Lipinski definition) is 6. The van der Waals surface area contributed by atoms with E-state index in [1.807, 2.05) is 18.2 Å². The van der Waals surface area contributed by atoms with E-state index in [9.17, 15) is 14.4 Å². The maximum Gasteiger partial charge on any atom is 0.337 e. The number of ether oxygens (including phenoxy) is 3. The maximum atomic E-state index is 12.8. The second kappa shape index (κ2) is 10.5. The van der Waals surface area contributed by atoms with Crippen molar-refractivity contribution >= 4 is 35.1 Å². The van der Waals surface area contributed by atoms with E-state index >= 15 is 0 Å². The average Bonchev–Trinajstić information content (AvgIpc) is 2.82. The molecule has 8 heteroatoms. The lowest BCUT2D eigenvalue weighted by Gasteiger charge is -2.11. The third-order valence-electron chi connectivity index (χ3n) is 4.48. The summed E-state index contributed by atoms with van der Waals surface area (Å²) in [5.41, 5.74) is 1.58. The predicted molar refractivity (Wildman–Crippen MR) is 119 cm³/mol. The molecule has 32 heavy (non-hydrogen) atoms. The molecular weight excluding hydrogens is 434 g/mol. The van der Waals surface area contributed by atoms with Crippen LogP contribution in [0, 0.1) is 0 Å². The topological polar surface area (TPSA) is 90.9 Å². The molecule has 0 fully saturated rings. The highest BCUT2D eigenvalue weighted by Crippen LogP contribution is 2.21. The molecule has 3 rings (SSSR count). The van der Waals surface area contributed by atoms with Gasteiger partial charge in [-0.05, 0) is 42.5 Å². The summed E-state index contributed by atoms with van der Waals surface area (Å²) in [6.07, 6.45) is 0. The fourth-order valence-electron chi connectivity index (χ4n) is 2.88. The van der Waals surface area contributed by atoms with Crippen molar-refractivity contribution in [3.63, 3.8) is 0 Å². The van der Waals surface area contributed by atoms with Gasteiger partial charge in [0.15, 0.2) is 0 Å². The van der Waals surface area contributed by atoms with Gasteiger partial charge in [-0.25, -0.2) is 9.59 Å². The van der Waals surface area contributed by atoms with Gasteiger partial charge < -0.3 is 19.5 Å². The lowest BCUT2D eigenvalue weighted by Crippen LogP contribution is -2.14. The summed E-state index contributed by atoms with van der Waals surface area (Å²) in [6, 6.07) is 18.1. The van der Waals surface area contributed by atoms with Crippen LogP contribution in [-0.2, 0) is 16.1 Å². The Morgan fingerprint density at radius 2 is 1.47 bits per heavy atom. The van der Waals surface area contributed by atoms with E-state index in [1.54, 1.807) is 30.3 Å². The molecule has 0 aliphatic carbocycles. The van der Waals surface area contributed by atoms with Gasteiger partial charge in [0, 0.05) is 21.8 Å². The Balaban J connectivity index is 1.78. The molecule has 0 atom stereocenters. The van der Waals surface area contributed by atoms with E-state index in [0.29, 0.717) is 16.3 Å². The molecule has 164 valence electrons. The van der Waals surface area contributed by atoms with Crippen LogP contribution in [0.1, 0.15) is 36.6 Å². The Labute approximate surface area is 189 Å². The smallest absolute Gasteiger partial charge is 0.337 e. The molecule has 7 nitrogen and oxygen atoms in total. The Kier molecular flexibility index (Phi) is 7.46. The number of anilines is 1. The maximum absolute atomic E-state index is 12.8. The molecule has 0 saturated carbocycles. The van der Waals surface area contributed by atoms with Crippen molar-refractivity contribution in [2.75, 3.05) is 19.5 Å². The highest BCUT2D eigenvalue weighted by Gasteiger charge is 2.16. The monoisotopic (exact) mass is 453 g/mol. The Bertz CT molecular complexity index is 1130. The van der Waals surface area contributed by atoms with Crippen molar-refractivity contribution in [1.29, 1.82) is 0 Å². The molecule has 0 aliphatic rings. The molecule has 1 amide bonds. The summed E-state index contributed by atoms with van der Waals surface area (Å²) < 4.78 is 15.2. The number of amides is 1. The fourth-order valence-corrected chi connectivity index (χ4v) is 3.07. The number of benzene rings is 3. The second-order valence-corrected chi connectivity index (χ2v) is 7.05. The van der Waals surface area contributed by atoms with Gasteiger partial charge in [0.25, 0.3) is 5.91 Å². The van der Waals surface area contributed by atoms with Gasteiger partial charge in [-0.1, -0.05) is 35.9 Å².